The Hall–Kier alpha value is -2.58. The van der Waals surface area contributed by atoms with Gasteiger partial charge in [-0.15, -0.1) is 0 Å². The first-order valence-corrected chi connectivity index (χ1v) is 8.44. The number of carbonyl (C=O) groups is 2. The lowest BCUT2D eigenvalue weighted by Crippen LogP contribution is -2.39. The van der Waals surface area contributed by atoms with Gasteiger partial charge in [0.2, 0.25) is 0 Å². The molecule has 8 heteroatoms. The second-order valence-electron chi connectivity index (χ2n) is 6.65. The summed E-state index contributed by atoms with van der Waals surface area (Å²) >= 11 is 0. The van der Waals surface area contributed by atoms with Gasteiger partial charge in [0.25, 0.3) is 0 Å². The van der Waals surface area contributed by atoms with Crippen LogP contribution in [0, 0.1) is 0 Å². The lowest BCUT2D eigenvalue weighted by atomic mass is 9.87. The Morgan fingerprint density at radius 1 is 0.885 bits per heavy atom. The highest BCUT2D eigenvalue weighted by atomic mass is 16.4. The molecular formula is C18H20N2O6. The molecule has 1 heterocycles. The van der Waals surface area contributed by atoms with Crippen molar-refractivity contribution in [3.63, 3.8) is 0 Å². The molecule has 138 valence electrons. The van der Waals surface area contributed by atoms with E-state index < -0.39 is 24.1 Å². The van der Waals surface area contributed by atoms with Crippen molar-refractivity contribution in [3.8, 4) is 0 Å². The molecule has 0 saturated heterocycles. The first kappa shape index (κ1) is 18.2. The highest BCUT2D eigenvalue weighted by Crippen LogP contribution is 2.50. The molecule has 4 unspecified atom stereocenters. The lowest BCUT2D eigenvalue weighted by molar-refractivity contribution is -0.165. The van der Waals surface area contributed by atoms with E-state index in [1.807, 2.05) is 0 Å². The topological polar surface area (TPSA) is 141 Å². The van der Waals surface area contributed by atoms with Gasteiger partial charge in [-0.25, -0.2) is 9.59 Å². The predicted molar refractivity (Wildman–Crippen MR) is 90.8 cm³/mol. The van der Waals surface area contributed by atoms with E-state index >= 15 is 0 Å². The quantitative estimate of drug-likeness (QED) is 0.641. The summed E-state index contributed by atoms with van der Waals surface area (Å²) in [5.41, 5.74) is 5.26. The van der Waals surface area contributed by atoms with Crippen molar-refractivity contribution in [2.24, 2.45) is 0 Å². The number of nitrogens with zero attached hydrogens (tertiary/aromatic N) is 2. The molecule has 2 aliphatic rings. The zero-order valence-electron chi connectivity index (χ0n) is 13.9. The number of aliphatic hydroxyl groups excluding tert-OH is 2. The fraction of sp³-hybridized carbons (Fsp3) is 0.444. The molecule has 8 nitrogen and oxygen atoms in total. The fourth-order valence-corrected chi connectivity index (χ4v) is 3.78. The van der Waals surface area contributed by atoms with Crippen LogP contribution in [0.2, 0.25) is 0 Å². The minimum Gasteiger partial charge on any atom is -0.479 e. The molecule has 2 aliphatic carbocycles. The number of aromatic nitrogens is 2. The van der Waals surface area contributed by atoms with Crippen LogP contribution in [0.4, 0.5) is 0 Å². The number of aliphatic hydroxyl groups is 2. The maximum absolute atomic E-state index is 9.77. The maximum Gasteiger partial charge on any atom is 0.335 e. The molecule has 0 radical (unpaired) electrons. The molecule has 1 aromatic heterocycles. The zero-order valence-corrected chi connectivity index (χ0v) is 13.9. The molecule has 4 rings (SSSR count). The summed E-state index contributed by atoms with van der Waals surface area (Å²) in [6, 6.07) is 4.57. The number of carboxylic acids is 2. The Bertz CT molecular complexity index is 773. The van der Waals surface area contributed by atoms with Gasteiger partial charge in [-0.1, -0.05) is 6.42 Å². The summed E-state index contributed by atoms with van der Waals surface area (Å²) in [6.45, 7) is 0. The van der Waals surface area contributed by atoms with Gasteiger partial charge in [0.1, 0.15) is 0 Å². The third-order valence-electron chi connectivity index (χ3n) is 5.03. The number of carboxylic acid groups (broad SMARTS) is 2. The summed E-state index contributed by atoms with van der Waals surface area (Å²) in [5.74, 6) is -1.93. The Morgan fingerprint density at radius 3 is 1.69 bits per heavy atom. The van der Waals surface area contributed by atoms with Crippen molar-refractivity contribution in [3.05, 3.63) is 35.7 Å². The summed E-state index contributed by atoms with van der Waals surface area (Å²) in [7, 11) is 0. The van der Waals surface area contributed by atoms with E-state index in [1.165, 1.54) is 25.7 Å². The van der Waals surface area contributed by atoms with Crippen molar-refractivity contribution in [2.45, 2.75) is 49.7 Å². The van der Waals surface area contributed by atoms with Crippen LogP contribution < -0.4 is 0 Å². The van der Waals surface area contributed by atoms with Crippen LogP contribution in [0.3, 0.4) is 0 Å². The monoisotopic (exact) mass is 360 g/mol. The molecule has 0 amide bonds. The minimum absolute atomic E-state index is 0.806. The Labute approximate surface area is 149 Å². The van der Waals surface area contributed by atoms with Crippen molar-refractivity contribution in [2.75, 3.05) is 0 Å². The van der Waals surface area contributed by atoms with E-state index in [9.17, 15) is 9.59 Å². The largest absolute Gasteiger partial charge is 0.479 e. The molecule has 4 atom stereocenters. The van der Waals surface area contributed by atoms with Gasteiger partial charge < -0.3 is 20.4 Å². The van der Waals surface area contributed by atoms with Crippen LogP contribution in [-0.4, -0.2) is 54.5 Å². The molecule has 1 saturated carbocycles. The van der Waals surface area contributed by atoms with Gasteiger partial charge >= 0.3 is 11.9 Å². The highest BCUT2D eigenvalue weighted by molar-refractivity contribution is 5.83. The van der Waals surface area contributed by atoms with Gasteiger partial charge in [0.15, 0.2) is 12.2 Å². The van der Waals surface area contributed by atoms with Crippen molar-refractivity contribution in [1.82, 2.24) is 9.97 Å². The number of aliphatic carboxylic acids is 2. The number of hydrogen-bond donors (Lipinski definition) is 4. The molecule has 1 fully saturated rings. The van der Waals surface area contributed by atoms with Gasteiger partial charge in [-0.3, -0.25) is 9.97 Å². The zero-order chi connectivity index (χ0) is 18.8. The molecular weight excluding hydrogens is 340 g/mol. The standard InChI is InChI=1S/C14H14N2.C4H6O6/c1-2-9-6-10(3-1)12-8-14-13(7-11(9)12)15-4-5-16-14;5-1(3(7)8)2(6)4(9)10/h4-5,7-10H,1-3,6H2;1-2,5-6H,(H,7,8)(H,9,10). The lowest BCUT2D eigenvalue weighted by Gasteiger charge is -2.18. The maximum atomic E-state index is 9.77. The molecule has 2 aromatic rings. The van der Waals surface area contributed by atoms with Crippen molar-refractivity contribution < 1.29 is 30.0 Å². The predicted octanol–water partition coefficient (Wildman–Crippen LogP) is 1.26. The van der Waals surface area contributed by atoms with E-state index in [0.29, 0.717) is 0 Å². The number of benzene rings is 1. The van der Waals surface area contributed by atoms with Crippen molar-refractivity contribution >= 4 is 23.0 Å². The molecule has 26 heavy (non-hydrogen) atoms. The normalized spacial score (nSPS) is 22.7. The second kappa shape index (κ2) is 7.35. The molecule has 2 bridgehead atoms. The molecule has 0 aliphatic heterocycles. The summed E-state index contributed by atoms with van der Waals surface area (Å²) in [5, 5.41) is 32.5. The number of hydrogen-bond acceptors (Lipinski definition) is 6. The smallest absolute Gasteiger partial charge is 0.335 e. The van der Waals surface area contributed by atoms with Crippen LogP contribution in [0.5, 0.6) is 0 Å². The molecule has 0 spiro atoms. The Kier molecular flexibility index (Phi) is 5.15. The SMILES string of the molecule is O=C(O)C(O)C(O)C(=O)O.c1cnc2cc3c(cc2n1)C1CCCC3C1. The highest BCUT2D eigenvalue weighted by Gasteiger charge is 2.34. The van der Waals surface area contributed by atoms with E-state index in [1.54, 1.807) is 23.5 Å². The van der Waals surface area contributed by atoms with Crippen LogP contribution in [0.15, 0.2) is 24.5 Å². The average molecular weight is 360 g/mol. The Balaban J connectivity index is 0.000000172. The third-order valence-corrected chi connectivity index (χ3v) is 5.03. The van der Waals surface area contributed by atoms with Gasteiger partial charge in [0, 0.05) is 12.4 Å². The number of rotatable bonds is 3. The first-order valence-electron chi connectivity index (χ1n) is 8.44. The summed E-state index contributed by atoms with van der Waals surface area (Å²) in [4.78, 5) is 28.4. The fourth-order valence-electron chi connectivity index (χ4n) is 3.78. The second-order valence-corrected chi connectivity index (χ2v) is 6.65. The first-order chi connectivity index (χ1) is 12.4. The van der Waals surface area contributed by atoms with E-state index in [-0.39, 0.29) is 0 Å². The van der Waals surface area contributed by atoms with Crippen LogP contribution in [0.25, 0.3) is 11.0 Å². The molecule has 4 N–H and O–H groups in total. The van der Waals surface area contributed by atoms with Gasteiger partial charge in [-0.2, -0.15) is 0 Å². The van der Waals surface area contributed by atoms with Gasteiger partial charge in [-0.05, 0) is 54.4 Å². The van der Waals surface area contributed by atoms with Crippen LogP contribution >= 0.6 is 0 Å². The molecule has 1 aromatic carbocycles. The summed E-state index contributed by atoms with van der Waals surface area (Å²) in [6.07, 6.45) is 4.54. The number of fused-ring (bicyclic) bond motifs is 6. The third kappa shape index (κ3) is 3.51. The van der Waals surface area contributed by atoms with Crippen LogP contribution in [-0.2, 0) is 9.59 Å². The minimum atomic E-state index is -2.27. The van der Waals surface area contributed by atoms with E-state index in [4.69, 9.17) is 20.4 Å². The van der Waals surface area contributed by atoms with E-state index in [2.05, 4.69) is 22.1 Å². The van der Waals surface area contributed by atoms with Crippen molar-refractivity contribution in [1.29, 1.82) is 0 Å². The Morgan fingerprint density at radius 2 is 1.31 bits per heavy atom. The average Bonchev–Trinajstić information content (AvgIpc) is 2.88. The van der Waals surface area contributed by atoms with Gasteiger partial charge in [0.05, 0.1) is 11.0 Å². The summed E-state index contributed by atoms with van der Waals surface area (Å²) < 4.78 is 0. The van der Waals surface area contributed by atoms with Crippen LogP contribution in [0.1, 0.15) is 48.6 Å². The van der Waals surface area contributed by atoms with E-state index in [0.717, 1.165) is 22.9 Å².